The van der Waals surface area contributed by atoms with Crippen molar-refractivity contribution in [3.05, 3.63) is 0 Å². The van der Waals surface area contributed by atoms with Crippen molar-refractivity contribution in [1.82, 2.24) is 10.2 Å². The molecular weight excluding hydrogens is 248 g/mol. The molecule has 1 fully saturated rings. The highest BCUT2D eigenvalue weighted by atomic mass is 16.5. The van der Waals surface area contributed by atoms with Gasteiger partial charge in [-0.3, -0.25) is 4.90 Å². The molecule has 1 N–H and O–H groups in total. The first-order chi connectivity index (χ1) is 9.56. The lowest BCUT2D eigenvalue weighted by Crippen LogP contribution is -2.55. The molecule has 0 bridgehead atoms. The molecular formula is C17H36N2O. The van der Waals surface area contributed by atoms with Crippen LogP contribution in [-0.4, -0.2) is 49.3 Å². The van der Waals surface area contributed by atoms with Gasteiger partial charge in [0.15, 0.2) is 0 Å². The van der Waals surface area contributed by atoms with E-state index in [1.54, 1.807) is 0 Å². The van der Waals surface area contributed by atoms with Gasteiger partial charge in [0.05, 0.1) is 13.2 Å². The predicted molar refractivity (Wildman–Crippen MR) is 87.3 cm³/mol. The molecule has 1 heterocycles. The summed E-state index contributed by atoms with van der Waals surface area (Å²) in [7, 11) is 0. The average Bonchev–Trinajstić information content (AvgIpc) is 2.46. The molecule has 0 amide bonds. The second kappa shape index (κ2) is 9.75. The van der Waals surface area contributed by atoms with Crippen LogP contribution in [-0.2, 0) is 4.74 Å². The topological polar surface area (TPSA) is 24.5 Å². The summed E-state index contributed by atoms with van der Waals surface area (Å²) in [6.45, 7) is 14.3. The van der Waals surface area contributed by atoms with Crippen LogP contribution >= 0.6 is 0 Å². The number of unbranched alkanes of at least 4 members (excludes halogenated alkanes) is 4. The average molecular weight is 284 g/mol. The minimum Gasteiger partial charge on any atom is -0.379 e. The molecule has 0 aromatic carbocycles. The fourth-order valence-electron chi connectivity index (χ4n) is 2.86. The van der Waals surface area contributed by atoms with Crippen LogP contribution in [0, 0.1) is 0 Å². The van der Waals surface area contributed by atoms with Crippen LogP contribution in [0.1, 0.15) is 66.2 Å². The quantitative estimate of drug-likeness (QED) is 0.622. The van der Waals surface area contributed by atoms with Gasteiger partial charge in [0.1, 0.15) is 0 Å². The largest absolute Gasteiger partial charge is 0.379 e. The molecule has 120 valence electrons. The van der Waals surface area contributed by atoms with E-state index in [9.17, 15) is 0 Å². The van der Waals surface area contributed by atoms with Gasteiger partial charge < -0.3 is 10.1 Å². The number of ether oxygens (including phenoxy) is 1. The van der Waals surface area contributed by atoms with Crippen LogP contribution in [0.5, 0.6) is 0 Å². The Bertz CT molecular complexity index is 237. The lowest BCUT2D eigenvalue weighted by atomic mass is 10.0. The Kier molecular flexibility index (Phi) is 8.74. The fourth-order valence-corrected chi connectivity index (χ4v) is 2.86. The molecule has 20 heavy (non-hydrogen) atoms. The summed E-state index contributed by atoms with van der Waals surface area (Å²) in [6, 6.07) is 0.636. The van der Waals surface area contributed by atoms with E-state index in [0.29, 0.717) is 6.04 Å². The predicted octanol–water partition coefficient (Wildman–Crippen LogP) is 3.44. The van der Waals surface area contributed by atoms with E-state index in [-0.39, 0.29) is 5.54 Å². The Morgan fingerprint density at radius 3 is 2.40 bits per heavy atom. The third-order valence-corrected chi connectivity index (χ3v) is 4.49. The molecule has 0 aromatic heterocycles. The van der Waals surface area contributed by atoms with Gasteiger partial charge in [0.2, 0.25) is 0 Å². The van der Waals surface area contributed by atoms with Gasteiger partial charge in [0, 0.05) is 31.2 Å². The molecule has 1 unspecified atom stereocenters. The summed E-state index contributed by atoms with van der Waals surface area (Å²) >= 11 is 0. The lowest BCUT2D eigenvalue weighted by molar-refractivity contribution is -0.0103. The fraction of sp³-hybridized carbons (Fsp3) is 1.00. The summed E-state index contributed by atoms with van der Waals surface area (Å²) in [4.78, 5) is 2.55. The van der Waals surface area contributed by atoms with Gasteiger partial charge in [-0.2, -0.15) is 0 Å². The molecule has 1 atom stereocenters. The van der Waals surface area contributed by atoms with E-state index in [1.807, 2.05) is 0 Å². The van der Waals surface area contributed by atoms with Gasteiger partial charge >= 0.3 is 0 Å². The number of nitrogens with zero attached hydrogens (tertiary/aromatic N) is 1. The van der Waals surface area contributed by atoms with Gasteiger partial charge in [-0.15, -0.1) is 0 Å². The molecule has 0 saturated carbocycles. The van der Waals surface area contributed by atoms with Crippen LogP contribution in [0.15, 0.2) is 0 Å². The summed E-state index contributed by atoms with van der Waals surface area (Å²) in [5.74, 6) is 0. The molecule has 0 spiro atoms. The second-order valence-corrected chi connectivity index (χ2v) is 6.90. The Labute approximate surface area is 126 Å². The van der Waals surface area contributed by atoms with Crippen molar-refractivity contribution in [2.24, 2.45) is 0 Å². The van der Waals surface area contributed by atoms with Gasteiger partial charge in [-0.25, -0.2) is 0 Å². The van der Waals surface area contributed by atoms with Crippen molar-refractivity contribution < 1.29 is 4.74 Å². The standard InChI is InChI=1S/C17H36N2O/c1-5-6-7-8-9-10-16(2)18-15-17(3,4)19-11-13-20-14-12-19/h16,18H,5-15H2,1-4H3. The second-order valence-electron chi connectivity index (χ2n) is 6.90. The van der Waals surface area contributed by atoms with Crippen molar-refractivity contribution in [3.63, 3.8) is 0 Å². The van der Waals surface area contributed by atoms with Crippen molar-refractivity contribution in [1.29, 1.82) is 0 Å². The Morgan fingerprint density at radius 1 is 1.10 bits per heavy atom. The molecule has 3 nitrogen and oxygen atoms in total. The van der Waals surface area contributed by atoms with Crippen molar-refractivity contribution in [2.75, 3.05) is 32.8 Å². The Morgan fingerprint density at radius 2 is 1.75 bits per heavy atom. The van der Waals surface area contributed by atoms with Crippen molar-refractivity contribution >= 4 is 0 Å². The normalized spacial score (nSPS) is 19.2. The van der Waals surface area contributed by atoms with Crippen LogP contribution in [0.2, 0.25) is 0 Å². The van der Waals surface area contributed by atoms with E-state index in [2.05, 4.69) is 37.9 Å². The first-order valence-corrected chi connectivity index (χ1v) is 8.62. The monoisotopic (exact) mass is 284 g/mol. The van der Waals surface area contributed by atoms with Gasteiger partial charge in [-0.05, 0) is 27.2 Å². The summed E-state index contributed by atoms with van der Waals surface area (Å²) in [6.07, 6.45) is 8.21. The Balaban J connectivity index is 2.13. The SMILES string of the molecule is CCCCCCCC(C)NCC(C)(C)N1CCOCC1. The highest BCUT2D eigenvalue weighted by Crippen LogP contribution is 2.16. The molecule has 0 aromatic rings. The number of hydrogen-bond donors (Lipinski definition) is 1. The zero-order valence-electron chi connectivity index (χ0n) is 14.2. The van der Waals surface area contributed by atoms with E-state index < -0.39 is 0 Å². The van der Waals surface area contributed by atoms with E-state index in [4.69, 9.17) is 4.74 Å². The molecule has 1 rings (SSSR count). The first-order valence-electron chi connectivity index (χ1n) is 8.62. The number of nitrogens with one attached hydrogen (secondary N) is 1. The smallest absolute Gasteiger partial charge is 0.0594 e. The van der Waals surface area contributed by atoms with Crippen LogP contribution in [0.4, 0.5) is 0 Å². The number of rotatable bonds is 10. The number of morpholine rings is 1. The first kappa shape index (κ1) is 17.9. The zero-order valence-corrected chi connectivity index (χ0v) is 14.2. The summed E-state index contributed by atoms with van der Waals surface area (Å²) in [5.41, 5.74) is 0.236. The molecule has 3 heteroatoms. The maximum absolute atomic E-state index is 5.44. The maximum atomic E-state index is 5.44. The highest BCUT2D eigenvalue weighted by molar-refractivity contribution is 4.86. The molecule has 1 saturated heterocycles. The lowest BCUT2D eigenvalue weighted by Gasteiger charge is -2.41. The molecule has 1 aliphatic rings. The van der Waals surface area contributed by atoms with Crippen LogP contribution in [0.3, 0.4) is 0 Å². The van der Waals surface area contributed by atoms with E-state index in [1.165, 1.54) is 38.5 Å². The minimum absolute atomic E-state index is 0.236. The minimum atomic E-state index is 0.236. The van der Waals surface area contributed by atoms with E-state index in [0.717, 1.165) is 32.8 Å². The van der Waals surface area contributed by atoms with Crippen LogP contribution < -0.4 is 5.32 Å². The molecule has 0 radical (unpaired) electrons. The molecule has 0 aliphatic carbocycles. The third kappa shape index (κ3) is 7.05. The van der Waals surface area contributed by atoms with Gasteiger partial charge in [0.25, 0.3) is 0 Å². The summed E-state index contributed by atoms with van der Waals surface area (Å²) in [5, 5.41) is 3.73. The van der Waals surface area contributed by atoms with Crippen molar-refractivity contribution in [3.8, 4) is 0 Å². The third-order valence-electron chi connectivity index (χ3n) is 4.49. The molecule has 1 aliphatic heterocycles. The zero-order chi connectivity index (χ0) is 14.8. The maximum Gasteiger partial charge on any atom is 0.0594 e. The van der Waals surface area contributed by atoms with Crippen molar-refractivity contribution in [2.45, 2.75) is 77.8 Å². The van der Waals surface area contributed by atoms with E-state index >= 15 is 0 Å². The van der Waals surface area contributed by atoms with Crippen LogP contribution in [0.25, 0.3) is 0 Å². The highest BCUT2D eigenvalue weighted by Gasteiger charge is 2.28. The number of hydrogen-bond acceptors (Lipinski definition) is 3. The van der Waals surface area contributed by atoms with Gasteiger partial charge in [-0.1, -0.05) is 39.0 Å². The Hall–Kier alpha value is -0.120. The summed E-state index contributed by atoms with van der Waals surface area (Å²) < 4.78 is 5.44.